The molecule has 1 aromatic heterocycles. The molecule has 0 spiro atoms. The lowest BCUT2D eigenvalue weighted by atomic mass is 10.1. The van der Waals surface area contributed by atoms with Gasteiger partial charge in [-0.2, -0.15) is 0 Å². The fraction of sp³-hybridized carbons (Fsp3) is 0.545. The zero-order valence-corrected chi connectivity index (χ0v) is 9.07. The van der Waals surface area contributed by atoms with E-state index in [9.17, 15) is 4.79 Å². The second-order valence-corrected chi connectivity index (χ2v) is 4.23. The number of nitrogens with one attached hydrogen (secondary N) is 1. The van der Waals surface area contributed by atoms with Crippen LogP contribution >= 0.6 is 0 Å². The number of hydrogen-bond donors (Lipinski definition) is 1. The third-order valence-corrected chi connectivity index (χ3v) is 3.21. The van der Waals surface area contributed by atoms with Gasteiger partial charge in [-0.1, -0.05) is 0 Å². The number of carbonyl (C=O) groups excluding carboxylic acids is 1. The van der Waals surface area contributed by atoms with E-state index in [1.807, 2.05) is 0 Å². The average Bonchev–Trinajstić information content (AvgIpc) is 2.78. The predicted octanol–water partition coefficient (Wildman–Crippen LogP) is 0.614. The van der Waals surface area contributed by atoms with Gasteiger partial charge in [-0.05, 0) is 6.42 Å². The van der Waals surface area contributed by atoms with Crippen LogP contribution in [-0.2, 0) is 11.2 Å². The fourth-order valence-electron chi connectivity index (χ4n) is 2.33. The van der Waals surface area contributed by atoms with Gasteiger partial charge < -0.3 is 10.2 Å². The van der Waals surface area contributed by atoms with Gasteiger partial charge >= 0.3 is 0 Å². The number of nitrogens with zero attached hydrogens (tertiary/aromatic N) is 3. The summed E-state index contributed by atoms with van der Waals surface area (Å²) in [5.41, 5.74) is 1.21. The standard InChI is InChI=1S/C11H14N4O/c16-8-2-5-15(6-3-8)11-9-1-4-12-10(9)13-7-14-11/h7H,1-6H2,(H,12,13,14). The fourth-order valence-corrected chi connectivity index (χ4v) is 2.33. The maximum atomic E-state index is 11.2. The number of Topliss-reactive ketones (excluding diaryl/α,β-unsaturated/α-hetero) is 1. The van der Waals surface area contributed by atoms with Crippen molar-refractivity contribution < 1.29 is 4.79 Å². The minimum atomic E-state index is 0.361. The normalized spacial score (nSPS) is 19.5. The lowest BCUT2D eigenvalue weighted by Crippen LogP contribution is -2.35. The molecule has 1 fully saturated rings. The number of carbonyl (C=O) groups is 1. The highest BCUT2D eigenvalue weighted by Gasteiger charge is 2.23. The van der Waals surface area contributed by atoms with E-state index in [4.69, 9.17) is 0 Å². The highest BCUT2D eigenvalue weighted by molar-refractivity contribution is 5.81. The number of ketones is 1. The Labute approximate surface area is 93.9 Å². The van der Waals surface area contributed by atoms with Crippen molar-refractivity contribution in [2.75, 3.05) is 29.9 Å². The molecule has 0 saturated carbocycles. The Kier molecular flexibility index (Phi) is 2.23. The second kappa shape index (κ2) is 3.73. The first-order valence-electron chi connectivity index (χ1n) is 5.69. The molecule has 0 unspecified atom stereocenters. The number of aromatic nitrogens is 2. The lowest BCUT2D eigenvalue weighted by molar-refractivity contribution is -0.119. The third kappa shape index (κ3) is 1.52. The molecule has 0 atom stereocenters. The zero-order chi connectivity index (χ0) is 11.0. The highest BCUT2D eigenvalue weighted by atomic mass is 16.1. The minimum Gasteiger partial charge on any atom is -0.369 e. The van der Waals surface area contributed by atoms with Crippen molar-refractivity contribution in [3.63, 3.8) is 0 Å². The molecule has 0 aliphatic carbocycles. The summed E-state index contributed by atoms with van der Waals surface area (Å²) >= 11 is 0. The molecule has 0 radical (unpaired) electrons. The molecule has 1 aromatic rings. The van der Waals surface area contributed by atoms with Crippen LogP contribution in [0.3, 0.4) is 0 Å². The van der Waals surface area contributed by atoms with Gasteiger partial charge in [0.25, 0.3) is 0 Å². The zero-order valence-electron chi connectivity index (χ0n) is 9.07. The van der Waals surface area contributed by atoms with Gasteiger partial charge in [0.05, 0.1) is 0 Å². The van der Waals surface area contributed by atoms with Crippen molar-refractivity contribution >= 4 is 17.4 Å². The van der Waals surface area contributed by atoms with E-state index in [1.165, 1.54) is 5.56 Å². The van der Waals surface area contributed by atoms with Crippen LogP contribution in [-0.4, -0.2) is 35.4 Å². The van der Waals surface area contributed by atoms with Gasteiger partial charge in [0.2, 0.25) is 0 Å². The molecule has 2 aliphatic heterocycles. The van der Waals surface area contributed by atoms with E-state index < -0.39 is 0 Å². The molecule has 0 amide bonds. The largest absolute Gasteiger partial charge is 0.369 e. The summed E-state index contributed by atoms with van der Waals surface area (Å²) < 4.78 is 0. The SMILES string of the molecule is O=C1CCN(c2ncnc3c2CCN3)CC1. The third-order valence-electron chi connectivity index (χ3n) is 3.21. The summed E-state index contributed by atoms with van der Waals surface area (Å²) in [4.78, 5) is 22.0. The summed E-state index contributed by atoms with van der Waals surface area (Å²) in [5.74, 6) is 2.34. The predicted molar refractivity (Wildman–Crippen MR) is 60.7 cm³/mol. The van der Waals surface area contributed by atoms with E-state index in [0.29, 0.717) is 18.6 Å². The van der Waals surface area contributed by atoms with Crippen LogP contribution < -0.4 is 10.2 Å². The summed E-state index contributed by atoms with van der Waals surface area (Å²) in [6, 6.07) is 0. The molecule has 1 N–H and O–H groups in total. The first-order valence-corrected chi connectivity index (χ1v) is 5.69. The Morgan fingerprint density at radius 2 is 2.00 bits per heavy atom. The molecule has 3 rings (SSSR count). The first-order chi connectivity index (χ1) is 7.84. The topological polar surface area (TPSA) is 58.1 Å². The van der Waals surface area contributed by atoms with E-state index in [0.717, 1.165) is 37.7 Å². The van der Waals surface area contributed by atoms with E-state index >= 15 is 0 Å². The highest BCUT2D eigenvalue weighted by Crippen LogP contribution is 2.28. The molecule has 0 bridgehead atoms. The average molecular weight is 218 g/mol. The van der Waals surface area contributed by atoms with Crippen molar-refractivity contribution in [3.8, 4) is 0 Å². The monoisotopic (exact) mass is 218 g/mol. The van der Waals surface area contributed by atoms with E-state index in [2.05, 4.69) is 20.2 Å². The molecular weight excluding hydrogens is 204 g/mol. The smallest absolute Gasteiger partial charge is 0.137 e. The van der Waals surface area contributed by atoms with Gasteiger partial charge in [0, 0.05) is 38.0 Å². The second-order valence-electron chi connectivity index (χ2n) is 4.23. The molecular formula is C11H14N4O. The molecule has 2 aliphatic rings. The quantitative estimate of drug-likeness (QED) is 0.748. The molecule has 3 heterocycles. The lowest BCUT2D eigenvalue weighted by Gasteiger charge is -2.28. The van der Waals surface area contributed by atoms with Crippen LogP contribution in [0.15, 0.2) is 6.33 Å². The number of rotatable bonds is 1. The van der Waals surface area contributed by atoms with Crippen molar-refractivity contribution in [3.05, 3.63) is 11.9 Å². The molecule has 84 valence electrons. The van der Waals surface area contributed by atoms with Crippen LogP contribution in [0.25, 0.3) is 0 Å². The van der Waals surface area contributed by atoms with Crippen LogP contribution in [0.4, 0.5) is 11.6 Å². The molecule has 0 aromatic carbocycles. The number of fused-ring (bicyclic) bond motifs is 1. The van der Waals surface area contributed by atoms with Crippen LogP contribution in [0.1, 0.15) is 18.4 Å². The van der Waals surface area contributed by atoms with Gasteiger partial charge in [-0.15, -0.1) is 0 Å². The Balaban J connectivity index is 1.89. The minimum absolute atomic E-state index is 0.361. The Morgan fingerprint density at radius 3 is 2.81 bits per heavy atom. The summed E-state index contributed by atoms with van der Waals surface area (Å²) in [6.07, 6.45) is 3.87. The molecule has 16 heavy (non-hydrogen) atoms. The molecule has 1 saturated heterocycles. The number of anilines is 2. The molecule has 5 heteroatoms. The summed E-state index contributed by atoms with van der Waals surface area (Å²) in [7, 11) is 0. The van der Waals surface area contributed by atoms with Gasteiger partial charge in [-0.3, -0.25) is 4.79 Å². The van der Waals surface area contributed by atoms with Crippen molar-refractivity contribution in [2.24, 2.45) is 0 Å². The van der Waals surface area contributed by atoms with Gasteiger partial charge in [0.15, 0.2) is 0 Å². The van der Waals surface area contributed by atoms with Gasteiger partial charge in [-0.25, -0.2) is 9.97 Å². The maximum Gasteiger partial charge on any atom is 0.137 e. The Bertz CT molecular complexity index is 422. The summed E-state index contributed by atoms with van der Waals surface area (Å²) in [6.45, 7) is 2.53. The van der Waals surface area contributed by atoms with Gasteiger partial charge in [0.1, 0.15) is 23.7 Å². The number of piperidine rings is 1. The van der Waals surface area contributed by atoms with Crippen LogP contribution in [0.2, 0.25) is 0 Å². The number of hydrogen-bond acceptors (Lipinski definition) is 5. The van der Waals surface area contributed by atoms with Crippen molar-refractivity contribution in [2.45, 2.75) is 19.3 Å². The summed E-state index contributed by atoms with van der Waals surface area (Å²) in [5, 5.41) is 3.24. The van der Waals surface area contributed by atoms with Crippen LogP contribution in [0, 0.1) is 0 Å². The molecule has 5 nitrogen and oxygen atoms in total. The Hall–Kier alpha value is -1.65. The van der Waals surface area contributed by atoms with Crippen molar-refractivity contribution in [1.29, 1.82) is 0 Å². The van der Waals surface area contributed by atoms with Crippen molar-refractivity contribution in [1.82, 2.24) is 9.97 Å². The Morgan fingerprint density at radius 1 is 1.19 bits per heavy atom. The maximum absolute atomic E-state index is 11.2. The van der Waals surface area contributed by atoms with Crippen LogP contribution in [0.5, 0.6) is 0 Å². The van der Waals surface area contributed by atoms with E-state index in [-0.39, 0.29) is 0 Å². The first kappa shape index (κ1) is 9.57. The van der Waals surface area contributed by atoms with E-state index in [1.54, 1.807) is 6.33 Å².